The lowest BCUT2D eigenvalue weighted by Crippen LogP contribution is -2.15. The molecule has 4 nitrogen and oxygen atoms in total. The maximum atomic E-state index is 13.1. The lowest BCUT2D eigenvalue weighted by molar-refractivity contribution is 0.284. The second-order valence-corrected chi connectivity index (χ2v) is 6.20. The number of ether oxygens (including phenoxy) is 2. The summed E-state index contributed by atoms with van der Waals surface area (Å²) in [5.74, 6) is 0.510. The molecule has 2 aromatic carbocycles. The van der Waals surface area contributed by atoms with Crippen LogP contribution in [0.3, 0.4) is 0 Å². The zero-order valence-electron chi connectivity index (χ0n) is 13.8. The third-order valence-electron chi connectivity index (χ3n) is 3.52. The van der Waals surface area contributed by atoms with Gasteiger partial charge in [-0.2, -0.15) is 0 Å². The van der Waals surface area contributed by atoms with Crippen LogP contribution >= 0.6 is 23.2 Å². The summed E-state index contributed by atoms with van der Waals surface area (Å²) in [4.78, 5) is 0. The summed E-state index contributed by atoms with van der Waals surface area (Å²) in [6, 6.07) is 7.75. The molecule has 0 atom stereocenters. The number of hydrogen-bond acceptors (Lipinski definition) is 4. The average Bonchev–Trinajstić information content (AvgIpc) is 2.58. The van der Waals surface area contributed by atoms with Crippen LogP contribution in [0.2, 0.25) is 10.0 Å². The number of halogens is 3. The van der Waals surface area contributed by atoms with E-state index in [0.29, 0.717) is 46.6 Å². The van der Waals surface area contributed by atoms with E-state index >= 15 is 0 Å². The van der Waals surface area contributed by atoms with E-state index in [9.17, 15) is 4.39 Å². The quantitative estimate of drug-likeness (QED) is 0.633. The molecule has 136 valence electrons. The highest BCUT2D eigenvalue weighted by molar-refractivity contribution is 6.32. The maximum absolute atomic E-state index is 13.1. The van der Waals surface area contributed by atoms with Crippen LogP contribution in [0.15, 0.2) is 30.3 Å². The summed E-state index contributed by atoms with van der Waals surface area (Å²) < 4.78 is 24.2. The van der Waals surface area contributed by atoms with Crippen molar-refractivity contribution in [2.45, 2.75) is 19.6 Å². The molecule has 0 bridgehead atoms. The predicted molar refractivity (Wildman–Crippen MR) is 97.2 cm³/mol. The van der Waals surface area contributed by atoms with Crippen molar-refractivity contribution >= 4 is 23.2 Å². The molecule has 25 heavy (non-hydrogen) atoms. The number of aliphatic hydroxyl groups is 1. The zero-order chi connectivity index (χ0) is 18.2. The van der Waals surface area contributed by atoms with Gasteiger partial charge in [-0.3, -0.25) is 0 Å². The van der Waals surface area contributed by atoms with E-state index in [0.717, 1.165) is 5.56 Å². The standard InChI is InChI=1S/C18H20Cl2FNO3/c1-24-17-8-12(10-22-5-2-6-23)7-16(20)18(17)25-11-13-3-4-14(21)9-15(13)19/h3-4,7-9,22-23H,2,5-6,10-11H2,1H3. The Morgan fingerprint density at radius 3 is 2.64 bits per heavy atom. The van der Waals surface area contributed by atoms with Gasteiger partial charge < -0.3 is 19.9 Å². The number of nitrogens with one attached hydrogen (secondary N) is 1. The van der Waals surface area contributed by atoms with Gasteiger partial charge in [0.25, 0.3) is 0 Å². The van der Waals surface area contributed by atoms with Gasteiger partial charge in [0.15, 0.2) is 11.5 Å². The summed E-state index contributed by atoms with van der Waals surface area (Å²) in [6.45, 7) is 1.59. The van der Waals surface area contributed by atoms with Gasteiger partial charge in [0.2, 0.25) is 0 Å². The Hall–Kier alpha value is -1.53. The molecule has 0 fully saturated rings. The number of methoxy groups -OCH3 is 1. The number of benzene rings is 2. The third kappa shape index (κ3) is 5.75. The van der Waals surface area contributed by atoms with Crippen molar-refractivity contribution in [1.82, 2.24) is 5.32 Å². The van der Waals surface area contributed by atoms with E-state index in [-0.39, 0.29) is 13.2 Å². The van der Waals surface area contributed by atoms with Crippen LogP contribution in [0.4, 0.5) is 4.39 Å². The molecule has 0 aliphatic rings. The van der Waals surface area contributed by atoms with Crippen molar-refractivity contribution in [2.75, 3.05) is 20.3 Å². The highest BCUT2D eigenvalue weighted by Crippen LogP contribution is 2.37. The van der Waals surface area contributed by atoms with E-state index in [1.165, 1.54) is 19.2 Å². The third-order valence-corrected chi connectivity index (χ3v) is 4.15. The molecule has 0 aromatic heterocycles. The molecule has 0 spiro atoms. The summed E-state index contributed by atoms with van der Waals surface area (Å²) in [7, 11) is 1.53. The maximum Gasteiger partial charge on any atom is 0.180 e. The lowest BCUT2D eigenvalue weighted by Gasteiger charge is -2.15. The first-order valence-corrected chi connectivity index (χ1v) is 8.55. The van der Waals surface area contributed by atoms with E-state index < -0.39 is 5.82 Å². The van der Waals surface area contributed by atoms with Crippen LogP contribution in [-0.4, -0.2) is 25.4 Å². The molecule has 0 unspecified atom stereocenters. The van der Waals surface area contributed by atoms with Crippen molar-refractivity contribution in [2.24, 2.45) is 0 Å². The van der Waals surface area contributed by atoms with Gasteiger partial charge in [0.1, 0.15) is 12.4 Å². The largest absolute Gasteiger partial charge is 0.493 e. The normalized spacial score (nSPS) is 10.8. The fourth-order valence-electron chi connectivity index (χ4n) is 2.24. The average molecular weight is 388 g/mol. The number of rotatable bonds is 9. The van der Waals surface area contributed by atoms with Crippen LogP contribution in [0.1, 0.15) is 17.5 Å². The van der Waals surface area contributed by atoms with E-state index in [1.54, 1.807) is 12.1 Å². The number of aliphatic hydroxyl groups excluding tert-OH is 1. The van der Waals surface area contributed by atoms with Crippen molar-refractivity contribution < 1.29 is 19.0 Å². The SMILES string of the molecule is COc1cc(CNCCCO)cc(Cl)c1OCc1ccc(F)cc1Cl. The Labute approximate surface area is 156 Å². The molecule has 0 saturated carbocycles. The Morgan fingerprint density at radius 2 is 1.96 bits per heavy atom. The molecule has 7 heteroatoms. The van der Waals surface area contributed by atoms with Gasteiger partial charge in [-0.05, 0) is 42.8 Å². The molecular formula is C18H20Cl2FNO3. The summed E-state index contributed by atoms with van der Waals surface area (Å²) in [6.07, 6.45) is 0.685. The van der Waals surface area contributed by atoms with Crippen molar-refractivity contribution in [3.05, 3.63) is 57.3 Å². The highest BCUT2D eigenvalue weighted by atomic mass is 35.5. The summed E-state index contributed by atoms with van der Waals surface area (Å²) in [5, 5.41) is 12.7. The molecule has 0 aliphatic carbocycles. The van der Waals surface area contributed by atoms with E-state index in [1.807, 2.05) is 6.07 Å². The monoisotopic (exact) mass is 387 g/mol. The van der Waals surface area contributed by atoms with Crippen LogP contribution in [-0.2, 0) is 13.2 Å². The van der Waals surface area contributed by atoms with Crippen LogP contribution in [0.25, 0.3) is 0 Å². The Morgan fingerprint density at radius 1 is 1.16 bits per heavy atom. The second kappa shape index (κ2) is 9.82. The van der Waals surface area contributed by atoms with Crippen molar-refractivity contribution in [1.29, 1.82) is 0 Å². The zero-order valence-corrected chi connectivity index (χ0v) is 15.3. The van der Waals surface area contributed by atoms with Crippen molar-refractivity contribution in [3.8, 4) is 11.5 Å². The van der Waals surface area contributed by atoms with Crippen LogP contribution < -0.4 is 14.8 Å². The lowest BCUT2D eigenvalue weighted by atomic mass is 10.2. The molecular weight excluding hydrogens is 368 g/mol. The van der Waals surface area contributed by atoms with Gasteiger partial charge in [-0.1, -0.05) is 29.3 Å². The minimum absolute atomic E-state index is 0.142. The molecule has 2 N–H and O–H groups in total. The summed E-state index contributed by atoms with van der Waals surface area (Å²) >= 11 is 12.3. The van der Waals surface area contributed by atoms with Gasteiger partial charge in [-0.25, -0.2) is 4.39 Å². The van der Waals surface area contributed by atoms with Crippen molar-refractivity contribution in [3.63, 3.8) is 0 Å². The fraction of sp³-hybridized carbons (Fsp3) is 0.333. The first kappa shape index (κ1) is 19.8. The Bertz CT molecular complexity index is 713. The van der Waals surface area contributed by atoms with Gasteiger partial charge in [0, 0.05) is 18.7 Å². The molecule has 0 heterocycles. The van der Waals surface area contributed by atoms with Gasteiger partial charge >= 0.3 is 0 Å². The first-order chi connectivity index (χ1) is 12.0. The van der Waals surface area contributed by atoms with Crippen LogP contribution in [0, 0.1) is 5.82 Å². The Balaban J connectivity index is 2.09. The van der Waals surface area contributed by atoms with E-state index in [4.69, 9.17) is 37.8 Å². The number of hydrogen-bond donors (Lipinski definition) is 2. The molecule has 2 aromatic rings. The first-order valence-electron chi connectivity index (χ1n) is 7.80. The highest BCUT2D eigenvalue weighted by Gasteiger charge is 2.13. The predicted octanol–water partition coefficient (Wildman–Crippen LogP) is 4.19. The Kier molecular flexibility index (Phi) is 7.78. The van der Waals surface area contributed by atoms with Crippen LogP contribution in [0.5, 0.6) is 11.5 Å². The minimum atomic E-state index is -0.401. The van der Waals surface area contributed by atoms with E-state index in [2.05, 4.69) is 5.32 Å². The fourth-order valence-corrected chi connectivity index (χ4v) is 2.75. The smallest absolute Gasteiger partial charge is 0.180 e. The minimum Gasteiger partial charge on any atom is -0.493 e. The molecule has 0 saturated heterocycles. The van der Waals surface area contributed by atoms with Gasteiger partial charge in [-0.15, -0.1) is 0 Å². The second-order valence-electron chi connectivity index (χ2n) is 5.39. The molecule has 0 aliphatic heterocycles. The molecule has 2 rings (SSSR count). The molecule has 0 radical (unpaired) electrons. The molecule has 0 amide bonds. The van der Waals surface area contributed by atoms with Gasteiger partial charge in [0.05, 0.1) is 17.2 Å². The topological polar surface area (TPSA) is 50.7 Å². The summed E-state index contributed by atoms with van der Waals surface area (Å²) in [5.41, 5.74) is 1.59.